The lowest BCUT2D eigenvalue weighted by molar-refractivity contribution is 0.168. The Morgan fingerprint density at radius 3 is 2.70 bits per heavy atom. The normalized spacial score (nSPS) is 30.9. The maximum absolute atomic E-state index is 5.06. The topological polar surface area (TPSA) is 21.3 Å². The third kappa shape index (κ3) is 1.96. The largest absolute Gasteiger partial charge is 0.383 e. The van der Waals surface area contributed by atoms with E-state index in [2.05, 4.69) is 19.2 Å². The molecule has 0 aromatic rings. The molecule has 1 aliphatic rings. The third-order valence-corrected chi connectivity index (χ3v) is 2.08. The quantitative estimate of drug-likeness (QED) is 0.626. The Bertz CT molecular complexity index is 112. The lowest BCUT2D eigenvalue weighted by Gasteiger charge is -2.19. The first-order valence-electron chi connectivity index (χ1n) is 3.91. The number of hydrogen-bond acceptors (Lipinski definition) is 2. The molecule has 1 N–H and O–H groups in total. The molecular weight excluding hydrogens is 126 g/mol. The lowest BCUT2D eigenvalue weighted by atomic mass is 10.0. The van der Waals surface area contributed by atoms with Crippen molar-refractivity contribution in [3.8, 4) is 0 Å². The fraction of sp³-hybridized carbons (Fsp3) is 1.00. The number of ether oxygens (including phenoxy) is 1. The van der Waals surface area contributed by atoms with Crippen LogP contribution < -0.4 is 5.32 Å². The van der Waals surface area contributed by atoms with Crippen LogP contribution in [0.15, 0.2) is 0 Å². The highest BCUT2D eigenvalue weighted by atomic mass is 16.5. The lowest BCUT2D eigenvalue weighted by Crippen LogP contribution is -2.39. The summed E-state index contributed by atoms with van der Waals surface area (Å²) in [5, 5.41) is 3.51. The molecule has 0 aromatic carbocycles. The predicted molar refractivity (Wildman–Crippen MR) is 42.1 cm³/mol. The minimum Gasteiger partial charge on any atom is -0.383 e. The fourth-order valence-corrected chi connectivity index (χ4v) is 1.56. The average Bonchev–Trinajstić information content (AvgIpc) is 2.12. The summed E-state index contributed by atoms with van der Waals surface area (Å²) < 4.78 is 5.06. The predicted octanol–water partition coefficient (Wildman–Crippen LogP) is 1.16. The van der Waals surface area contributed by atoms with Crippen LogP contribution in [0.5, 0.6) is 0 Å². The van der Waals surface area contributed by atoms with Crippen molar-refractivity contribution in [3.05, 3.63) is 0 Å². The smallest absolute Gasteiger partial charge is 0.0616 e. The zero-order valence-electron chi connectivity index (χ0n) is 7.11. The van der Waals surface area contributed by atoms with Crippen LogP contribution in [0.2, 0.25) is 0 Å². The van der Waals surface area contributed by atoms with E-state index in [4.69, 9.17) is 4.74 Å². The summed E-state index contributed by atoms with van der Waals surface area (Å²) in [7, 11) is 1.76. The van der Waals surface area contributed by atoms with Gasteiger partial charge in [0.1, 0.15) is 0 Å². The first kappa shape index (κ1) is 8.02. The summed E-state index contributed by atoms with van der Waals surface area (Å²) in [5.41, 5.74) is 0.337. The van der Waals surface area contributed by atoms with Crippen molar-refractivity contribution in [1.29, 1.82) is 0 Å². The minimum absolute atomic E-state index is 0.337. The molecule has 1 fully saturated rings. The van der Waals surface area contributed by atoms with Crippen LogP contribution >= 0.6 is 0 Å². The average molecular weight is 143 g/mol. The summed E-state index contributed by atoms with van der Waals surface area (Å²) >= 11 is 0. The van der Waals surface area contributed by atoms with Crippen LogP contribution in [0.25, 0.3) is 0 Å². The van der Waals surface area contributed by atoms with Crippen molar-refractivity contribution in [2.45, 2.75) is 38.3 Å². The molecule has 0 unspecified atom stereocenters. The summed E-state index contributed by atoms with van der Waals surface area (Å²) in [6.45, 7) is 5.33. The van der Waals surface area contributed by atoms with Gasteiger partial charge >= 0.3 is 0 Å². The van der Waals surface area contributed by atoms with Gasteiger partial charge in [-0.2, -0.15) is 0 Å². The third-order valence-electron chi connectivity index (χ3n) is 2.08. The van der Waals surface area contributed by atoms with Crippen LogP contribution in [0.1, 0.15) is 26.7 Å². The van der Waals surface area contributed by atoms with Crippen LogP contribution in [-0.4, -0.2) is 25.3 Å². The Labute approximate surface area is 63.0 Å². The van der Waals surface area contributed by atoms with Gasteiger partial charge in [0.2, 0.25) is 0 Å². The number of methoxy groups -OCH3 is 1. The van der Waals surface area contributed by atoms with Crippen LogP contribution in [-0.2, 0) is 4.74 Å². The van der Waals surface area contributed by atoms with Gasteiger partial charge in [-0.15, -0.1) is 0 Å². The van der Waals surface area contributed by atoms with E-state index in [1.54, 1.807) is 7.11 Å². The molecule has 0 aliphatic carbocycles. The molecule has 1 rings (SSSR count). The number of rotatable bonds is 2. The summed E-state index contributed by atoms with van der Waals surface area (Å²) in [6, 6.07) is 0.583. The maximum Gasteiger partial charge on any atom is 0.0616 e. The van der Waals surface area contributed by atoms with E-state index in [1.807, 2.05) is 0 Å². The maximum atomic E-state index is 5.06. The van der Waals surface area contributed by atoms with E-state index in [1.165, 1.54) is 12.8 Å². The molecule has 60 valence electrons. The van der Waals surface area contributed by atoms with Gasteiger partial charge in [-0.1, -0.05) is 0 Å². The molecule has 1 saturated heterocycles. The summed E-state index contributed by atoms with van der Waals surface area (Å²) in [4.78, 5) is 0. The molecule has 0 amide bonds. The Morgan fingerprint density at radius 1 is 1.60 bits per heavy atom. The Balaban J connectivity index is 2.29. The summed E-state index contributed by atoms with van der Waals surface area (Å²) in [6.07, 6.45) is 2.52. The summed E-state index contributed by atoms with van der Waals surface area (Å²) in [5.74, 6) is 0. The van der Waals surface area contributed by atoms with Crippen molar-refractivity contribution in [2.75, 3.05) is 13.7 Å². The highest BCUT2D eigenvalue weighted by Crippen LogP contribution is 2.21. The van der Waals surface area contributed by atoms with Gasteiger partial charge in [0, 0.05) is 18.7 Å². The van der Waals surface area contributed by atoms with Gasteiger partial charge < -0.3 is 10.1 Å². The molecule has 2 heteroatoms. The molecule has 1 atom stereocenters. The van der Waals surface area contributed by atoms with Crippen LogP contribution in [0.4, 0.5) is 0 Å². The van der Waals surface area contributed by atoms with E-state index < -0.39 is 0 Å². The van der Waals surface area contributed by atoms with Gasteiger partial charge in [0.05, 0.1) is 6.61 Å². The van der Waals surface area contributed by atoms with Crippen LogP contribution in [0, 0.1) is 0 Å². The van der Waals surface area contributed by atoms with Gasteiger partial charge in [0.25, 0.3) is 0 Å². The Kier molecular flexibility index (Phi) is 2.32. The Hall–Kier alpha value is -0.0800. The molecule has 1 heterocycles. The van der Waals surface area contributed by atoms with E-state index in [0.717, 1.165) is 6.61 Å². The minimum atomic E-state index is 0.337. The molecule has 0 aromatic heterocycles. The van der Waals surface area contributed by atoms with E-state index in [0.29, 0.717) is 11.6 Å². The zero-order valence-corrected chi connectivity index (χ0v) is 7.11. The zero-order chi connectivity index (χ0) is 7.61. The molecule has 10 heavy (non-hydrogen) atoms. The van der Waals surface area contributed by atoms with Crippen molar-refractivity contribution in [1.82, 2.24) is 5.32 Å². The molecule has 0 spiro atoms. The SMILES string of the molecule is COC[C@@H]1CCC(C)(C)N1. The second-order valence-electron chi connectivity index (χ2n) is 3.72. The van der Waals surface area contributed by atoms with Crippen molar-refractivity contribution < 1.29 is 4.74 Å². The number of hydrogen-bond donors (Lipinski definition) is 1. The van der Waals surface area contributed by atoms with Gasteiger partial charge in [-0.25, -0.2) is 0 Å². The Morgan fingerprint density at radius 2 is 2.30 bits per heavy atom. The highest BCUT2D eigenvalue weighted by molar-refractivity contribution is 4.90. The molecule has 2 nitrogen and oxygen atoms in total. The fourth-order valence-electron chi connectivity index (χ4n) is 1.56. The highest BCUT2D eigenvalue weighted by Gasteiger charge is 2.29. The molecule has 1 aliphatic heterocycles. The first-order valence-corrected chi connectivity index (χ1v) is 3.91. The molecule has 0 radical (unpaired) electrons. The second-order valence-corrected chi connectivity index (χ2v) is 3.72. The molecule has 0 bridgehead atoms. The first-order chi connectivity index (χ1) is 4.64. The van der Waals surface area contributed by atoms with Gasteiger partial charge in [0.15, 0.2) is 0 Å². The second kappa shape index (κ2) is 2.89. The molecule has 0 saturated carbocycles. The van der Waals surface area contributed by atoms with E-state index >= 15 is 0 Å². The van der Waals surface area contributed by atoms with Crippen molar-refractivity contribution in [3.63, 3.8) is 0 Å². The molecular formula is C8H17NO. The number of nitrogens with one attached hydrogen (secondary N) is 1. The van der Waals surface area contributed by atoms with Crippen LogP contribution in [0.3, 0.4) is 0 Å². The van der Waals surface area contributed by atoms with Gasteiger partial charge in [-0.05, 0) is 26.7 Å². The van der Waals surface area contributed by atoms with E-state index in [9.17, 15) is 0 Å². The van der Waals surface area contributed by atoms with Crippen molar-refractivity contribution >= 4 is 0 Å². The standard InChI is InChI=1S/C8H17NO/c1-8(2)5-4-7(9-8)6-10-3/h7,9H,4-6H2,1-3H3/t7-/m0/s1. The monoisotopic (exact) mass is 143 g/mol. The van der Waals surface area contributed by atoms with Crippen molar-refractivity contribution in [2.24, 2.45) is 0 Å². The van der Waals surface area contributed by atoms with E-state index in [-0.39, 0.29) is 0 Å². The van der Waals surface area contributed by atoms with Gasteiger partial charge in [-0.3, -0.25) is 0 Å².